The van der Waals surface area contributed by atoms with Gasteiger partial charge in [0, 0.05) is 40.3 Å². The van der Waals surface area contributed by atoms with Crippen LogP contribution >= 0.6 is 11.3 Å². The first-order chi connectivity index (χ1) is 14.9. The molecule has 0 aliphatic carbocycles. The number of aromatic nitrogens is 2. The molecule has 5 N–H and O–H groups in total. The van der Waals surface area contributed by atoms with Crippen LogP contribution in [0.5, 0.6) is 0 Å². The van der Waals surface area contributed by atoms with E-state index < -0.39 is 11.9 Å². The van der Waals surface area contributed by atoms with Gasteiger partial charge >= 0.3 is 0 Å². The van der Waals surface area contributed by atoms with Crippen molar-refractivity contribution in [1.29, 1.82) is 0 Å². The van der Waals surface area contributed by atoms with Gasteiger partial charge in [-0.1, -0.05) is 0 Å². The highest BCUT2D eigenvalue weighted by molar-refractivity contribution is 7.21. The minimum absolute atomic E-state index is 0.0197. The highest BCUT2D eigenvalue weighted by atomic mass is 32.1. The minimum atomic E-state index is -0.741. The Hall–Kier alpha value is -3.79. The molecule has 10 heteroatoms. The first kappa shape index (κ1) is 19.2. The lowest BCUT2D eigenvalue weighted by atomic mass is 10.1. The van der Waals surface area contributed by atoms with Crippen molar-refractivity contribution in [2.75, 3.05) is 17.2 Å². The van der Waals surface area contributed by atoms with Crippen LogP contribution in [-0.2, 0) is 0 Å². The summed E-state index contributed by atoms with van der Waals surface area (Å²) in [4.78, 5) is 32.9. The third-order valence-corrected chi connectivity index (χ3v) is 6.24. The van der Waals surface area contributed by atoms with Crippen molar-refractivity contribution >= 4 is 61.3 Å². The van der Waals surface area contributed by atoms with E-state index in [0.29, 0.717) is 22.8 Å². The Bertz CT molecular complexity index is 1390. The van der Waals surface area contributed by atoms with E-state index in [4.69, 9.17) is 5.73 Å². The number of hydrogen-bond donors (Lipinski definition) is 4. The molecule has 2 amide bonds. The SMILES string of the molecule is C[C@@H]1CNc2c(sc3ccc4nc(Nc5cc(F)ncc5C(N)=O)ccc4c23)C(=O)N1. The zero-order valence-corrected chi connectivity index (χ0v) is 17.1. The molecule has 5 rings (SSSR count). The molecule has 0 spiro atoms. The number of pyridine rings is 2. The van der Waals surface area contributed by atoms with E-state index in [9.17, 15) is 14.0 Å². The number of carbonyl (C=O) groups is 2. The fraction of sp³-hybridized carbons (Fsp3) is 0.143. The van der Waals surface area contributed by atoms with Gasteiger partial charge in [-0.3, -0.25) is 9.59 Å². The maximum atomic E-state index is 13.6. The Morgan fingerprint density at radius 3 is 2.97 bits per heavy atom. The molecule has 8 nitrogen and oxygen atoms in total. The molecule has 0 bridgehead atoms. The van der Waals surface area contributed by atoms with E-state index in [0.717, 1.165) is 33.4 Å². The number of nitrogens with two attached hydrogens (primary N) is 1. The number of thiophene rings is 1. The Morgan fingerprint density at radius 2 is 2.16 bits per heavy atom. The third-order valence-electron chi connectivity index (χ3n) is 5.09. The lowest BCUT2D eigenvalue weighted by Crippen LogP contribution is -2.34. The standard InChI is InChI=1S/C21H17FN6O2S/c1-9-7-25-18-17-10-2-5-16(28-13-6-15(22)24-8-11(13)20(23)29)27-12(10)3-4-14(17)31-19(18)21(30)26-9/h2-6,8-9,25H,7H2,1H3,(H2,23,29)(H,26,30)(H,24,27,28)/t9-/m1/s1. The highest BCUT2D eigenvalue weighted by Crippen LogP contribution is 2.41. The van der Waals surface area contributed by atoms with Crippen LogP contribution in [-0.4, -0.2) is 34.4 Å². The lowest BCUT2D eigenvalue weighted by Gasteiger charge is -2.11. The van der Waals surface area contributed by atoms with Crippen LogP contribution in [0.1, 0.15) is 27.0 Å². The highest BCUT2D eigenvalue weighted by Gasteiger charge is 2.24. The van der Waals surface area contributed by atoms with Gasteiger partial charge in [-0.15, -0.1) is 11.3 Å². The van der Waals surface area contributed by atoms with Gasteiger partial charge in [0.2, 0.25) is 5.95 Å². The summed E-state index contributed by atoms with van der Waals surface area (Å²) in [6.45, 7) is 2.57. The van der Waals surface area contributed by atoms with E-state index in [1.807, 2.05) is 25.1 Å². The molecule has 1 aliphatic rings. The van der Waals surface area contributed by atoms with Crippen molar-refractivity contribution in [3.05, 3.63) is 52.9 Å². The second-order valence-electron chi connectivity index (χ2n) is 7.31. The second-order valence-corrected chi connectivity index (χ2v) is 8.36. The molecule has 3 aromatic heterocycles. The number of rotatable bonds is 3. The third kappa shape index (κ3) is 3.30. The topological polar surface area (TPSA) is 122 Å². The molecule has 156 valence electrons. The molecule has 0 saturated heterocycles. The zero-order chi connectivity index (χ0) is 21.7. The van der Waals surface area contributed by atoms with Crippen LogP contribution in [0.15, 0.2) is 36.5 Å². The molecule has 0 radical (unpaired) electrons. The summed E-state index contributed by atoms with van der Waals surface area (Å²) in [5.74, 6) is -1.14. The molecule has 0 saturated carbocycles. The van der Waals surface area contributed by atoms with Gasteiger partial charge in [-0.25, -0.2) is 9.97 Å². The van der Waals surface area contributed by atoms with Gasteiger partial charge in [-0.05, 0) is 31.2 Å². The van der Waals surface area contributed by atoms with Crippen molar-refractivity contribution in [3.63, 3.8) is 0 Å². The van der Waals surface area contributed by atoms with Crippen LogP contribution in [0.4, 0.5) is 21.6 Å². The Morgan fingerprint density at radius 1 is 1.32 bits per heavy atom. The van der Waals surface area contributed by atoms with E-state index in [1.54, 1.807) is 6.07 Å². The maximum absolute atomic E-state index is 13.6. The molecule has 1 aliphatic heterocycles. The molecule has 0 fully saturated rings. The molecule has 1 atom stereocenters. The van der Waals surface area contributed by atoms with Crippen molar-refractivity contribution in [2.24, 2.45) is 5.73 Å². The number of anilines is 3. The number of amides is 2. The molecule has 4 aromatic rings. The van der Waals surface area contributed by atoms with Crippen LogP contribution in [0.2, 0.25) is 0 Å². The fourth-order valence-corrected chi connectivity index (χ4v) is 4.76. The number of benzene rings is 1. The average Bonchev–Trinajstić information content (AvgIpc) is 3.04. The van der Waals surface area contributed by atoms with Gasteiger partial charge in [0.25, 0.3) is 11.8 Å². The Labute approximate surface area is 179 Å². The van der Waals surface area contributed by atoms with E-state index >= 15 is 0 Å². The van der Waals surface area contributed by atoms with Gasteiger partial charge in [0.1, 0.15) is 10.7 Å². The molecule has 0 unspecified atom stereocenters. The predicted octanol–water partition coefficient (Wildman–Crippen LogP) is 3.37. The zero-order valence-electron chi connectivity index (χ0n) is 16.3. The van der Waals surface area contributed by atoms with Gasteiger partial charge < -0.3 is 21.7 Å². The first-order valence-electron chi connectivity index (χ1n) is 9.54. The summed E-state index contributed by atoms with van der Waals surface area (Å²) in [6, 6.07) is 8.52. The van der Waals surface area contributed by atoms with Crippen LogP contribution < -0.4 is 21.7 Å². The number of primary amides is 1. The number of carbonyl (C=O) groups excluding carboxylic acids is 2. The summed E-state index contributed by atoms with van der Waals surface area (Å²) >= 11 is 1.43. The molecular weight excluding hydrogens is 419 g/mol. The number of halogens is 1. The summed E-state index contributed by atoms with van der Waals surface area (Å²) in [6.07, 6.45) is 1.09. The Kier molecular flexibility index (Phi) is 4.44. The molecule has 31 heavy (non-hydrogen) atoms. The fourth-order valence-electron chi connectivity index (χ4n) is 3.66. The monoisotopic (exact) mass is 436 g/mol. The number of fused-ring (bicyclic) bond motifs is 5. The summed E-state index contributed by atoms with van der Waals surface area (Å²) in [7, 11) is 0. The van der Waals surface area contributed by atoms with Crippen LogP contribution in [0.3, 0.4) is 0 Å². The summed E-state index contributed by atoms with van der Waals surface area (Å²) in [5, 5.41) is 11.1. The van der Waals surface area contributed by atoms with E-state index in [1.165, 1.54) is 11.3 Å². The van der Waals surface area contributed by atoms with Gasteiger partial charge in [0.05, 0.1) is 22.5 Å². The quantitative estimate of drug-likeness (QED) is 0.365. The van der Waals surface area contributed by atoms with E-state index in [2.05, 4.69) is 25.9 Å². The largest absolute Gasteiger partial charge is 0.381 e. The molecule has 4 heterocycles. The normalized spacial score (nSPS) is 15.8. The second kappa shape index (κ2) is 7.17. The van der Waals surface area contributed by atoms with Gasteiger partial charge in [-0.2, -0.15) is 4.39 Å². The Balaban J connectivity index is 1.61. The first-order valence-corrected chi connectivity index (χ1v) is 10.4. The number of nitrogens with one attached hydrogen (secondary N) is 3. The summed E-state index contributed by atoms with van der Waals surface area (Å²) < 4.78 is 14.6. The van der Waals surface area contributed by atoms with E-state index in [-0.39, 0.29) is 23.2 Å². The smallest absolute Gasteiger partial charge is 0.263 e. The maximum Gasteiger partial charge on any atom is 0.263 e. The lowest BCUT2D eigenvalue weighted by molar-refractivity contribution is 0.0948. The average molecular weight is 436 g/mol. The minimum Gasteiger partial charge on any atom is -0.381 e. The number of hydrogen-bond acceptors (Lipinski definition) is 7. The predicted molar refractivity (Wildman–Crippen MR) is 119 cm³/mol. The van der Waals surface area contributed by atoms with Crippen LogP contribution in [0, 0.1) is 5.95 Å². The van der Waals surface area contributed by atoms with Crippen LogP contribution in [0.25, 0.3) is 21.0 Å². The van der Waals surface area contributed by atoms with Crippen molar-refractivity contribution in [1.82, 2.24) is 15.3 Å². The van der Waals surface area contributed by atoms with Gasteiger partial charge in [0.15, 0.2) is 0 Å². The van der Waals surface area contributed by atoms with Crippen molar-refractivity contribution in [3.8, 4) is 0 Å². The summed E-state index contributed by atoms with van der Waals surface area (Å²) in [5.41, 5.74) is 7.10. The van der Waals surface area contributed by atoms with Crippen molar-refractivity contribution in [2.45, 2.75) is 13.0 Å². The molecular formula is C21H17FN6O2S. The number of nitrogens with zero attached hydrogens (tertiary/aromatic N) is 2. The van der Waals surface area contributed by atoms with Crippen molar-refractivity contribution < 1.29 is 14.0 Å². The molecule has 1 aromatic carbocycles.